The van der Waals surface area contributed by atoms with Crippen molar-refractivity contribution < 1.29 is 31.7 Å². The van der Waals surface area contributed by atoms with Gasteiger partial charge >= 0.3 is 16.4 Å². The molecule has 3 heterocycles. The highest BCUT2D eigenvalue weighted by Crippen LogP contribution is 2.42. The summed E-state index contributed by atoms with van der Waals surface area (Å²) in [5, 5.41) is 3.94. The van der Waals surface area contributed by atoms with E-state index in [1.54, 1.807) is 13.8 Å². The molecular weight excluding hydrogens is 380 g/mol. The van der Waals surface area contributed by atoms with E-state index in [1.807, 2.05) is 0 Å². The van der Waals surface area contributed by atoms with E-state index in [4.69, 9.17) is 9.39 Å². The zero-order chi connectivity index (χ0) is 19.8. The Hall–Kier alpha value is -1.47. The van der Waals surface area contributed by atoms with Gasteiger partial charge in [0.15, 0.2) is 0 Å². The Bertz CT molecular complexity index is 692. The molecule has 2 bridgehead atoms. The fraction of sp³-hybridized carbons (Fsp3) is 0.867. The summed E-state index contributed by atoms with van der Waals surface area (Å²) in [7, 11) is -4.85. The van der Waals surface area contributed by atoms with E-state index >= 15 is 0 Å². The number of hydrogen-bond donors (Lipinski definition) is 3. The molecule has 11 nitrogen and oxygen atoms in total. The fourth-order valence-corrected chi connectivity index (χ4v) is 4.31. The number of urea groups is 1. The minimum absolute atomic E-state index is 0.115. The first-order valence-electron chi connectivity index (χ1n) is 9.00. The Labute approximate surface area is 158 Å². The number of rotatable bonds is 6. The second-order valence-electron chi connectivity index (χ2n) is 7.91. The largest absolute Gasteiger partial charge is 0.418 e. The van der Waals surface area contributed by atoms with E-state index in [1.165, 1.54) is 4.90 Å². The fourth-order valence-electron chi connectivity index (χ4n) is 3.94. The zero-order valence-electron chi connectivity index (χ0n) is 15.4. The summed E-state index contributed by atoms with van der Waals surface area (Å²) in [5.41, 5.74) is 1.79. The summed E-state index contributed by atoms with van der Waals surface area (Å²) < 4.78 is 35.5. The lowest BCUT2D eigenvalue weighted by atomic mass is 9.76. The average Bonchev–Trinajstić information content (AvgIpc) is 2.86. The number of hydroxylamine groups is 3. The first-order valence-corrected chi connectivity index (χ1v) is 10.4. The molecule has 3 rings (SSSR count). The Kier molecular flexibility index (Phi) is 5.64. The number of fused-ring (bicyclic) bond motifs is 2. The van der Waals surface area contributed by atoms with Crippen LogP contribution in [0, 0.1) is 5.41 Å². The number of amides is 3. The number of nitrogens with one attached hydrogen (secondary N) is 2. The molecule has 3 aliphatic rings. The van der Waals surface area contributed by atoms with Gasteiger partial charge in [-0.25, -0.2) is 10.3 Å². The number of carbonyl (C=O) groups excluding carboxylic acids is 2. The predicted octanol–water partition coefficient (Wildman–Crippen LogP) is -0.185. The molecule has 3 atom stereocenters. The smallest absolute Gasteiger partial charge is 0.312 e. The lowest BCUT2D eigenvalue weighted by molar-refractivity contribution is -0.141. The Balaban J connectivity index is 1.62. The molecule has 0 aromatic carbocycles. The predicted molar refractivity (Wildman–Crippen MR) is 92.3 cm³/mol. The molecule has 0 aromatic rings. The van der Waals surface area contributed by atoms with Crippen LogP contribution < -0.4 is 10.8 Å². The van der Waals surface area contributed by atoms with Crippen molar-refractivity contribution in [3.63, 3.8) is 0 Å². The van der Waals surface area contributed by atoms with Gasteiger partial charge in [-0.15, -0.1) is 4.28 Å². The molecule has 0 aromatic heterocycles. The maximum Gasteiger partial charge on any atom is 0.418 e. The molecule has 0 radical (unpaired) electrons. The Morgan fingerprint density at radius 1 is 1.41 bits per heavy atom. The number of piperidine rings is 2. The summed E-state index contributed by atoms with van der Waals surface area (Å²) >= 11 is 0. The second-order valence-corrected chi connectivity index (χ2v) is 8.92. The number of carbonyl (C=O) groups is 2. The van der Waals surface area contributed by atoms with Gasteiger partial charge in [0, 0.05) is 12.6 Å². The molecule has 154 valence electrons. The second kappa shape index (κ2) is 7.51. The van der Waals surface area contributed by atoms with Crippen molar-refractivity contribution in [1.82, 2.24) is 20.8 Å². The molecule has 3 unspecified atom stereocenters. The van der Waals surface area contributed by atoms with Crippen LogP contribution in [-0.4, -0.2) is 72.7 Å². The molecule has 0 aliphatic carbocycles. The van der Waals surface area contributed by atoms with Gasteiger partial charge < -0.3 is 10.2 Å². The van der Waals surface area contributed by atoms with Gasteiger partial charge in [0.1, 0.15) is 6.04 Å². The summed E-state index contributed by atoms with van der Waals surface area (Å²) in [6.45, 7) is 4.98. The summed E-state index contributed by atoms with van der Waals surface area (Å²) in [6.07, 6.45) is 3.51. The molecule has 0 spiro atoms. The summed E-state index contributed by atoms with van der Waals surface area (Å²) in [6, 6.07) is -2.03. The van der Waals surface area contributed by atoms with E-state index in [0.717, 1.165) is 25.8 Å². The van der Waals surface area contributed by atoms with Gasteiger partial charge in [-0.3, -0.25) is 14.2 Å². The molecule has 0 saturated carbocycles. The molecule has 3 N–H and O–H groups in total. The van der Waals surface area contributed by atoms with Crippen LogP contribution in [0.25, 0.3) is 0 Å². The van der Waals surface area contributed by atoms with Crippen molar-refractivity contribution in [2.75, 3.05) is 19.7 Å². The van der Waals surface area contributed by atoms with Crippen LogP contribution in [0.4, 0.5) is 4.79 Å². The molecule has 27 heavy (non-hydrogen) atoms. The van der Waals surface area contributed by atoms with Gasteiger partial charge in [0.25, 0.3) is 5.91 Å². The van der Waals surface area contributed by atoms with Crippen LogP contribution in [0.2, 0.25) is 0 Å². The highest BCUT2D eigenvalue weighted by atomic mass is 32.3. The molecule has 3 saturated heterocycles. The molecule has 3 fully saturated rings. The van der Waals surface area contributed by atoms with Crippen LogP contribution in [-0.2, 0) is 24.3 Å². The van der Waals surface area contributed by atoms with Crippen molar-refractivity contribution in [3.05, 3.63) is 0 Å². The van der Waals surface area contributed by atoms with Crippen molar-refractivity contribution in [2.45, 2.75) is 57.7 Å². The average molecular weight is 406 g/mol. The highest BCUT2D eigenvalue weighted by Gasteiger charge is 2.56. The van der Waals surface area contributed by atoms with Crippen LogP contribution >= 0.6 is 0 Å². The standard InChI is InChI=1S/C15H26N4O7S/c1-15(2)7-11(13(20)17-25-9-10-5-3-4-6-16-10)18-8-12(15)19(14(18)21)26-27(22,23)24/h10-12,16H,3-9H2,1-2H3,(H,17,20)(H,22,23,24). The van der Waals surface area contributed by atoms with Gasteiger partial charge in [-0.1, -0.05) is 20.3 Å². The van der Waals surface area contributed by atoms with E-state index < -0.39 is 39.8 Å². The van der Waals surface area contributed by atoms with E-state index in [9.17, 15) is 18.0 Å². The van der Waals surface area contributed by atoms with E-state index in [-0.39, 0.29) is 12.6 Å². The van der Waals surface area contributed by atoms with Crippen molar-refractivity contribution in [3.8, 4) is 0 Å². The zero-order valence-corrected chi connectivity index (χ0v) is 16.2. The molecule has 3 aliphatic heterocycles. The summed E-state index contributed by atoms with van der Waals surface area (Å²) in [5.74, 6) is -0.473. The normalized spacial score (nSPS) is 30.5. The van der Waals surface area contributed by atoms with Crippen LogP contribution in [0.15, 0.2) is 0 Å². The van der Waals surface area contributed by atoms with Gasteiger partial charge in [-0.2, -0.15) is 13.5 Å². The van der Waals surface area contributed by atoms with Crippen LogP contribution in [0.1, 0.15) is 39.5 Å². The highest BCUT2D eigenvalue weighted by molar-refractivity contribution is 7.80. The summed E-state index contributed by atoms with van der Waals surface area (Å²) in [4.78, 5) is 31.6. The minimum Gasteiger partial charge on any atom is -0.312 e. The van der Waals surface area contributed by atoms with E-state index in [2.05, 4.69) is 15.1 Å². The maximum atomic E-state index is 12.6. The van der Waals surface area contributed by atoms with E-state index in [0.29, 0.717) is 18.1 Å². The third kappa shape index (κ3) is 4.51. The first-order chi connectivity index (χ1) is 12.6. The quantitative estimate of drug-likeness (QED) is 0.408. The van der Waals surface area contributed by atoms with Crippen molar-refractivity contribution in [2.24, 2.45) is 5.41 Å². The van der Waals surface area contributed by atoms with Gasteiger partial charge in [0.2, 0.25) is 0 Å². The lowest BCUT2D eigenvalue weighted by Crippen LogP contribution is -2.55. The monoisotopic (exact) mass is 406 g/mol. The van der Waals surface area contributed by atoms with Crippen LogP contribution in [0.3, 0.4) is 0 Å². The lowest BCUT2D eigenvalue weighted by Gasteiger charge is -2.40. The van der Waals surface area contributed by atoms with Gasteiger partial charge in [0.05, 0.1) is 12.6 Å². The molecule has 3 amide bonds. The topological polar surface area (TPSA) is 138 Å². The van der Waals surface area contributed by atoms with Gasteiger partial charge in [-0.05, 0) is 31.2 Å². The van der Waals surface area contributed by atoms with Crippen molar-refractivity contribution in [1.29, 1.82) is 0 Å². The SMILES string of the molecule is CC1(C)CC(C(=O)NOCC2CCCCN2)N2CC1N(OS(=O)(=O)O)C2=O. The maximum absolute atomic E-state index is 12.6. The third-order valence-corrected chi connectivity index (χ3v) is 5.78. The third-order valence-electron chi connectivity index (χ3n) is 5.43. The minimum atomic E-state index is -4.85. The first kappa shape index (κ1) is 20.3. The molecule has 12 heteroatoms. The van der Waals surface area contributed by atoms with Crippen LogP contribution in [0.5, 0.6) is 0 Å². The number of hydrogen-bond acceptors (Lipinski definition) is 7. The molecular formula is C15H26N4O7S. The van der Waals surface area contributed by atoms with Crippen molar-refractivity contribution >= 4 is 22.3 Å². The number of nitrogens with zero attached hydrogens (tertiary/aromatic N) is 2. The Morgan fingerprint density at radius 3 is 2.78 bits per heavy atom. The Morgan fingerprint density at radius 2 is 2.15 bits per heavy atom.